The van der Waals surface area contributed by atoms with E-state index in [2.05, 4.69) is 6.92 Å². The minimum absolute atomic E-state index is 0.391. The molecule has 1 saturated carbocycles. The molecule has 1 aliphatic carbocycles. The summed E-state index contributed by atoms with van der Waals surface area (Å²) in [4.78, 5) is 11.4. The highest BCUT2D eigenvalue weighted by molar-refractivity contribution is 7.99. The molecule has 1 rings (SSSR count). The van der Waals surface area contributed by atoms with Gasteiger partial charge < -0.3 is 0 Å². The fourth-order valence-electron chi connectivity index (χ4n) is 1.87. The molecule has 2 atom stereocenters. The van der Waals surface area contributed by atoms with Crippen molar-refractivity contribution in [3.63, 3.8) is 0 Å². The van der Waals surface area contributed by atoms with Gasteiger partial charge in [-0.15, -0.1) is 0 Å². The van der Waals surface area contributed by atoms with E-state index in [-0.39, 0.29) is 0 Å². The standard InChI is InChI=1S/C9H16OS/c1-7-4-3-5-8(7)9(10)6-11-2/h7-8H,3-6H2,1-2H3. The molecule has 0 aromatic heterocycles. The summed E-state index contributed by atoms with van der Waals surface area (Å²) in [5, 5.41) is 0. The Morgan fingerprint density at radius 3 is 2.73 bits per heavy atom. The third kappa shape index (κ3) is 2.22. The first-order chi connectivity index (χ1) is 5.25. The first-order valence-electron chi connectivity index (χ1n) is 4.27. The maximum atomic E-state index is 11.4. The summed E-state index contributed by atoms with van der Waals surface area (Å²) in [6.07, 6.45) is 5.65. The summed E-state index contributed by atoms with van der Waals surface area (Å²) in [5.74, 6) is 2.23. The van der Waals surface area contributed by atoms with Crippen LogP contribution in [0, 0.1) is 11.8 Å². The third-order valence-corrected chi connectivity index (χ3v) is 3.13. The Morgan fingerprint density at radius 2 is 2.27 bits per heavy atom. The number of carbonyl (C=O) groups is 1. The van der Waals surface area contributed by atoms with E-state index in [1.54, 1.807) is 11.8 Å². The Labute approximate surface area is 72.9 Å². The minimum Gasteiger partial charge on any atom is -0.298 e. The van der Waals surface area contributed by atoms with Gasteiger partial charge >= 0.3 is 0 Å². The molecule has 1 aliphatic rings. The van der Waals surface area contributed by atoms with Gasteiger partial charge in [0.05, 0.1) is 5.75 Å². The van der Waals surface area contributed by atoms with Gasteiger partial charge in [0.15, 0.2) is 0 Å². The van der Waals surface area contributed by atoms with Gasteiger partial charge in [0.1, 0.15) is 5.78 Å². The van der Waals surface area contributed by atoms with E-state index >= 15 is 0 Å². The van der Waals surface area contributed by atoms with Crippen LogP contribution in [0.25, 0.3) is 0 Å². The lowest BCUT2D eigenvalue weighted by atomic mass is 9.95. The monoisotopic (exact) mass is 172 g/mol. The first kappa shape index (κ1) is 9.11. The van der Waals surface area contributed by atoms with Gasteiger partial charge in [-0.1, -0.05) is 13.3 Å². The Bertz CT molecular complexity index is 144. The van der Waals surface area contributed by atoms with Crippen LogP contribution in [0.3, 0.4) is 0 Å². The molecule has 0 radical (unpaired) electrons. The Balaban J connectivity index is 2.39. The van der Waals surface area contributed by atoms with Crippen molar-refractivity contribution >= 4 is 17.5 Å². The molecule has 0 spiro atoms. The van der Waals surface area contributed by atoms with Crippen molar-refractivity contribution in [2.45, 2.75) is 26.2 Å². The summed E-state index contributed by atoms with van der Waals surface area (Å²) in [6.45, 7) is 2.20. The van der Waals surface area contributed by atoms with Crippen LogP contribution in [0.2, 0.25) is 0 Å². The predicted molar refractivity (Wildman–Crippen MR) is 49.9 cm³/mol. The van der Waals surface area contributed by atoms with E-state index in [9.17, 15) is 4.79 Å². The molecule has 0 N–H and O–H groups in total. The number of Topliss-reactive ketones (excluding diaryl/α,β-unsaturated/α-hetero) is 1. The summed E-state index contributed by atoms with van der Waals surface area (Å²) in [6, 6.07) is 0. The van der Waals surface area contributed by atoms with E-state index in [1.165, 1.54) is 12.8 Å². The number of rotatable bonds is 3. The Hall–Kier alpha value is 0.0200. The molecule has 2 heteroatoms. The van der Waals surface area contributed by atoms with Crippen molar-refractivity contribution in [3.8, 4) is 0 Å². The second-order valence-electron chi connectivity index (χ2n) is 3.41. The van der Waals surface area contributed by atoms with Crippen LogP contribution in [0.5, 0.6) is 0 Å². The molecule has 2 unspecified atom stereocenters. The number of hydrogen-bond donors (Lipinski definition) is 0. The largest absolute Gasteiger partial charge is 0.298 e. The summed E-state index contributed by atoms with van der Waals surface area (Å²) in [5.41, 5.74) is 0. The maximum absolute atomic E-state index is 11.4. The zero-order chi connectivity index (χ0) is 8.27. The molecule has 0 amide bonds. The highest BCUT2D eigenvalue weighted by atomic mass is 32.2. The molecule has 64 valence electrons. The molecule has 11 heavy (non-hydrogen) atoms. The van der Waals surface area contributed by atoms with Crippen LogP contribution in [-0.2, 0) is 4.79 Å². The summed E-state index contributed by atoms with van der Waals surface area (Å²) >= 11 is 1.65. The van der Waals surface area contributed by atoms with E-state index < -0.39 is 0 Å². The molecule has 0 aromatic carbocycles. The van der Waals surface area contributed by atoms with E-state index in [1.807, 2.05) is 6.26 Å². The SMILES string of the molecule is CSCC(=O)C1CCCC1C. The van der Waals surface area contributed by atoms with Gasteiger partial charge in [0.25, 0.3) is 0 Å². The second kappa shape index (κ2) is 4.15. The average molecular weight is 172 g/mol. The van der Waals surface area contributed by atoms with Crippen LogP contribution < -0.4 is 0 Å². The van der Waals surface area contributed by atoms with Crippen LogP contribution in [0.15, 0.2) is 0 Å². The predicted octanol–water partition coefficient (Wildman–Crippen LogP) is 2.35. The summed E-state index contributed by atoms with van der Waals surface area (Å²) in [7, 11) is 0. The second-order valence-corrected chi connectivity index (χ2v) is 4.28. The normalized spacial score (nSPS) is 30.7. The molecule has 1 fully saturated rings. The van der Waals surface area contributed by atoms with Crippen molar-refractivity contribution < 1.29 is 4.79 Å². The van der Waals surface area contributed by atoms with Gasteiger partial charge in [-0.05, 0) is 25.0 Å². The zero-order valence-corrected chi connectivity index (χ0v) is 8.12. The molecular formula is C9H16OS. The average Bonchev–Trinajstić information content (AvgIpc) is 2.36. The lowest BCUT2D eigenvalue weighted by Crippen LogP contribution is -2.18. The number of carbonyl (C=O) groups excluding carboxylic acids is 1. The van der Waals surface area contributed by atoms with Gasteiger partial charge in [0.2, 0.25) is 0 Å². The Morgan fingerprint density at radius 1 is 1.55 bits per heavy atom. The lowest BCUT2D eigenvalue weighted by Gasteiger charge is -2.12. The molecule has 1 nitrogen and oxygen atoms in total. The molecule has 0 bridgehead atoms. The lowest BCUT2D eigenvalue weighted by molar-refractivity contribution is -0.121. The quantitative estimate of drug-likeness (QED) is 0.650. The van der Waals surface area contributed by atoms with Crippen molar-refractivity contribution in [1.29, 1.82) is 0 Å². The number of ketones is 1. The summed E-state index contributed by atoms with van der Waals surface area (Å²) < 4.78 is 0. The van der Waals surface area contributed by atoms with E-state index in [0.717, 1.165) is 12.2 Å². The van der Waals surface area contributed by atoms with Crippen molar-refractivity contribution in [1.82, 2.24) is 0 Å². The third-order valence-electron chi connectivity index (χ3n) is 2.56. The van der Waals surface area contributed by atoms with E-state index in [4.69, 9.17) is 0 Å². The molecule has 0 aliphatic heterocycles. The topological polar surface area (TPSA) is 17.1 Å². The van der Waals surface area contributed by atoms with Gasteiger partial charge in [-0.2, -0.15) is 11.8 Å². The highest BCUT2D eigenvalue weighted by Crippen LogP contribution is 2.32. The van der Waals surface area contributed by atoms with Crippen molar-refractivity contribution in [2.24, 2.45) is 11.8 Å². The maximum Gasteiger partial charge on any atom is 0.146 e. The number of hydrogen-bond acceptors (Lipinski definition) is 2. The fraction of sp³-hybridized carbons (Fsp3) is 0.889. The van der Waals surface area contributed by atoms with E-state index in [0.29, 0.717) is 17.6 Å². The van der Waals surface area contributed by atoms with Crippen LogP contribution in [0.4, 0.5) is 0 Å². The van der Waals surface area contributed by atoms with Gasteiger partial charge in [-0.25, -0.2) is 0 Å². The van der Waals surface area contributed by atoms with Crippen LogP contribution in [-0.4, -0.2) is 17.8 Å². The van der Waals surface area contributed by atoms with Crippen molar-refractivity contribution in [2.75, 3.05) is 12.0 Å². The number of thioether (sulfide) groups is 1. The van der Waals surface area contributed by atoms with Crippen LogP contribution >= 0.6 is 11.8 Å². The zero-order valence-electron chi connectivity index (χ0n) is 7.30. The molecular weight excluding hydrogens is 156 g/mol. The van der Waals surface area contributed by atoms with Gasteiger partial charge in [-0.3, -0.25) is 4.79 Å². The van der Waals surface area contributed by atoms with Gasteiger partial charge in [0, 0.05) is 5.92 Å². The molecule has 0 heterocycles. The Kier molecular flexibility index (Phi) is 3.44. The molecule has 0 saturated heterocycles. The molecule has 0 aromatic rings. The van der Waals surface area contributed by atoms with Crippen molar-refractivity contribution in [3.05, 3.63) is 0 Å². The smallest absolute Gasteiger partial charge is 0.146 e. The first-order valence-corrected chi connectivity index (χ1v) is 5.66. The fourth-order valence-corrected chi connectivity index (χ4v) is 2.37. The minimum atomic E-state index is 0.391. The highest BCUT2D eigenvalue weighted by Gasteiger charge is 2.28. The van der Waals surface area contributed by atoms with Crippen LogP contribution in [0.1, 0.15) is 26.2 Å².